The van der Waals surface area contributed by atoms with Crippen molar-refractivity contribution in [2.24, 2.45) is 5.73 Å². The molecule has 4 nitrogen and oxygen atoms in total. The smallest absolute Gasteiger partial charge is 0.113 e. The molecule has 1 aromatic heterocycles. The summed E-state index contributed by atoms with van der Waals surface area (Å²) in [5.74, 6) is 0.107. The van der Waals surface area contributed by atoms with Gasteiger partial charge in [-0.25, -0.2) is 0 Å². The van der Waals surface area contributed by atoms with Gasteiger partial charge in [0, 0.05) is 6.20 Å². The first-order chi connectivity index (χ1) is 4.68. The van der Waals surface area contributed by atoms with Crippen LogP contribution >= 0.6 is 28.3 Å². The third-order valence-corrected chi connectivity index (χ3v) is 1.34. The maximum absolute atomic E-state index is 6.94. The fraction of sp³-hybridized carbons (Fsp3) is 0.200. The van der Waals surface area contributed by atoms with Gasteiger partial charge < -0.3 is 5.73 Å². The summed E-state index contributed by atoms with van der Waals surface area (Å²) in [6.45, 7) is 0.353. The third kappa shape index (κ3) is 3.38. The van der Waals surface area contributed by atoms with Crippen molar-refractivity contribution in [1.29, 1.82) is 5.41 Å². The molecule has 0 aliphatic carbocycles. The van der Waals surface area contributed by atoms with Crippen molar-refractivity contribution in [3.05, 3.63) is 16.9 Å². The van der Waals surface area contributed by atoms with Gasteiger partial charge in [-0.2, -0.15) is 5.10 Å². The van der Waals surface area contributed by atoms with Crippen LogP contribution in [0, 0.1) is 5.41 Å². The minimum Gasteiger partial charge on any atom is -0.386 e. The fourth-order valence-electron chi connectivity index (χ4n) is 0.599. The zero-order valence-electron chi connectivity index (χ0n) is 5.62. The lowest BCUT2D eigenvalue weighted by Gasteiger charge is -1.95. The van der Waals surface area contributed by atoms with Gasteiger partial charge in [-0.05, 0) is 15.9 Å². The molecule has 0 fully saturated rings. The Bertz CT molecular complexity index is 246. The Kier molecular flexibility index (Phi) is 4.14. The van der Waals surface area contributed by atoms with E-state index >= 15 is 0 Å². The number of hydrogen-bond donors (Lipinski definition) is 2. The molecule has 62 valence electrons. The van der Waals surface area contributed by atoms with Gasteiger partial charge in [0.15, 0.2) is 0 Å². The molecule has 3 N–H and O–H groups in total. The van der Waals surface area contributed by atoms with Crippen LogP contribution in [0.2, 0.25) is 0 Å². The lowest BCUT2D eigenvalue weighted by Crippen LogP contribution is -2.17. The second-order valence-corrected chi connectivity index (χ2v) is 2.80. The maximum Gasteiger partial charge on any atom is 0.113 e. The lowest BCUT2D eigenvalue weighted by molar-refractivity contribution is 0.718. The first-order valence-corrected chi connectivity index (χ1v) is 3.48. The Balaban J connectivity index is 0.000001000. The van der Waals surface area contributed by atoms with E-state index < -0.39 is 0 Å². The molecule has 0 atom stereocenters. The molecule has 0 amide bonds. The van der Waals surface area contributed by atoms with E-state index in [4.69, 9.17) is 11.1 Å². The monoisotopic (exact) mass is 238 g/mol. The number of halogens is 2. The van der Waals surface area contributed by atoms with Gasteiger partial charge >= 0.3 is 0 Å². The first-order valence-electron chi connectivity index (χ1n) is 2.69. The molecule has 11 heavy (non-hydrogen) atoms. The van der Waals surface area contributed by atoms with Crippen LogP contribution in [0.25, 0.3) is 0 Å². The van der Waals surface area contributed by atoms with E-state index in [0.717, 1.165) is 4.47 Å². The summed E-state index contributed by atoms with van der Waals surface area (Å²) in [6.07, 6.45) is 3.42. The third-order valence-electron chi connectivity index (χ3n) is 0.934. The fourth-order valence-corrected chi connectivity index (χ4v) is 0.927. The van der Waals surface area contributed by atoms with Gasteiger partial charge in [-0.1, -0.05) is 0 Å². The minimum absolute atomic E-state index is 0. The molecule has 0 saturated heterocycles. The largest absolute Gasteiger partial charge is 0.386 e. The van der Waals surface area contributed by atoms with Crippen LogP contribution in [-0.4, -0.2) is 15.6 Å². The summed E-state index contributed by atoms with van der Waals surface area (Å²) < 4.78 is 2.49. The number of nitrogens with one attached hydrogen (secondary N) is 1. The molecule has 1 heterocycles. The van der Waals surface area contributed by atoms with E-state index in [-0.39, 0.29) is 18.2 Å². The quantitative estimate of drug-likeness (QED) is 0.597. The number of hydrogen-bond acceptors (Lipinski definition) is 2. The van der Waals surface area contributed by atoms with E-state index in [1.807, 2.05) is 0 Å². The van der Waals surface area contributed by atoms with Crippen LogP contribution in [-0.2, 0) is 6.54 Å². The Labute approximate surface area is 78.8 Å². The highest BCUT2D eigenvalue weighted by Crippen LogP contribution is 2.05. The molecule has 6 heteroatoms. The van der Waals surface area contributed by atoms with Crippen molar-refractivity contribution >= 4 is 34.2 Å². The topological polar surface area (TPSA) is 67.7 Å². The molecule has 1 rings (SSSR count). The van der Waals surface area contributed by atoms with Crippen molar-refractivity contribution in [2.45, 2.75) is 6.54 Å². The Hall–Kier alpha value is -0.550. The standard InChI is InChI=1S/C5H7BrN4.ClH/c6-4-1-9-10(2-4)3-5(7)8;/h1-2H,3H2,(H3,7,8);1H. The number of nitrogens with zero attached hydrogens (tertiary/aromatic N) is 2. The highest BCUT2D eigenvalue weighted by atomic mass is 79.9. The van der Waals surface area contributed by atoms with E-state index in [0.29, 0.717) is 6.54 Å². The zero-order chi connectivity index (χ0) is 7.56. The van der Waals surface area contributed by atoms with Gasteiger partial charge in [0.05, 0.1) is 17.2 Å². The number of nitrogens with two attached hydrogens (primary N) is 1. The normalized spacial score (nSPS) is 8.82. The predicted molar refractivity (Wildman–Crippen MR) is 49.1 cm³/mol. The van der Waals surface area contributed by atoms with Crippen LogP contribution in [0.5, 0.6) is 0 Å². The summed E-state index contributed by atoms with van der Waals surface area (Å²) in [7, 11) is 0. The molecular weight excluding hydrogens is 231 g/mol. The summed E-state index contributed by atoms with van der Waals surface area (Å²) in [6, 6.07) is 0. The van der Waals surface area contributed by atoms with Crippen molar-refractivity contribution in [3.8, 4) is 0 Å². The molecule has 0 aliphatic rings. The van der Waals surface area contributed by atoms with Gasteiger partial charge in [0.2, 0.25) is 0 Å². The van der Waals surface area contributed by atoms with Gasteiger partial charge in [0.1, 0.15) is 5.84 Å². The summed E-state index contributed by atoms with van der Waals surface area (Å²) in [5.41, 5.74) is 5.14. The van der Waals surface area contributed by atoms with E-state index in [2.05, 4.69) is 21.0 Å². The molecule has 1 aromatic rings. The first kappa shape index (κ1) is 10.4. The van der Waals surface area contributed by atoms with Crippen molar-refractivity contribution in [2.75, 3.05) is 0 Å². The molecule has 0 unspecified atom stereocenters. The van der Waals surface area contributed by atoms with Crippen LogP contribution in [0.4, 0.5) is 0 Å². The molecule has 0 aliphatic heterocycles. The second-order valence-electron chi connectivity index (χ2n) is 1.88. The summed E-state index contributed by atoms with van der Waals surface area (Å²) in [4.78, 5) is 0. The van der Waals surface area contributed by atoms with Gasteiger partial charge in [-0.3, -0.25) is 10.1 Å². The molecule has 0 saturated carbocycles. The molecular formula is C5H8BrClN4. The Morgan fingerprint density at radius 3 is 2.82 bits per heavy atom. The van der Waals surface area contributed by atoms with Crippen LogP contribution in [0.3, 0.4) is 0 Å². The van der Waals surface area contributed by atoms with Crippen LogP contribution < -0.4 is 5.73 Å². The summed E-state index contributed by atoms with van der Waals surface area (Å²) >= 11 is 3.23. The van der Waals surface area contributed by atoms with E-state index in [1.165, 1.54) is 0 Å². The highest BCUT2D eigenvalue weighted by molar-refractivity contribution is 9.10. The highest BCUT2D eigenvalue weighted by Gasteiger charge is 1.94. The Morgan fingerprint density at radius 2 is 2.45 bits per heavy atom. The predicted octanol–water partition coefficient (Wildman–Crippen LogP) is 1.00. The lowest BCUT2D eigenvalue weighted by atomic mass is 10.6. The maximum atomic E-state index is 6.94. The molecule has 0 bridgehead atoms. The van der Waals surface area contributed by atoms with Crippen molar-refractivity contribution in [3.63, 3.8) is 0 Å². The van der Waals surface area contributed by atoms with E-state index in [9.17, 15) is 0 Å². The van der Waals surface area contributed by atoms with Crippen LogP contribution in [0.1, 0.15) is 0 Å². The van der Waals surface area contributed by atoms with Gasteiger partial charge in [-0.15, -0.1) is 12.4 Å². The SMILES string of the molecule is Cl.N=C(N)Cn1cc(Br)cn1. The number of aromatic nitrogens is 2. The van der Waals surface area contributed by atoms with Crippen molar-refractivity contribution in [1.82, 2.24) is 9.78 Å². The molecule has 0 radical (unpaired) electrons. The average molecular weight is 240 g/mol. The average Bonchev–Trinajstić information content (AvgIpc) is 2.13. The second kappa shape index (κ2) is 4.35. The summed E-state index contributed by atoms with van der Waals surface area (Å²) in [5, 5.41) is 10.8. The zero-order valence-corrected chi connectivity index (χ0v) is 8.02. The number of amidine groups is 1. The number of rotatable bonds is 2. The molecule has 0 aromatic carbocycles. The van der Waals surface area contributed by atoms with Crippen molar-refractivity contribution < 1.29 is 0 Å². The Morgan fingerprint density at radius 1 is 1.82 bits per heavy atom. The minimum atomic E-state index is 0. The van der Waals surface area contributed by atoms with Crippen LogP contribution in [0.15, 0.2) is 16.9 Å². The molecule has 0 spiro atoms. The van der Waals surface area contributed by atoms with Gasteiger partial charge in [0.25, 0.3) is 0 Å². The van der Waals surface area contributed by atoms with E-state index in [1.54, 1.807) is 17.1 Å².